The third-order valence-electron chi connectivity index (χ3n) is 12.2. The van der Waals surface area contributed by atoms with E-state index in [1.165, 1.54) is 0 Å². The summed E-state index contributed by atoms with van der Waals surface area (Å²) < 4.78 is 6.01. The van der Waals surface area contributed by atoms with Gasteiger partial charge in [-0.3, -0.25) is 34.2 Å². The number of imide groups is 2. The quantitative estimate of drug-likeness (QED) is 0.137. The van der Waals surface area contributed by atoms with Gasteiger partial charge in [-0.25, -0.2) is 0 Å². The van der Waals surface area contributed by atoms with E-state index in [2.05, 4.69) is 20.1 Å². The van der Waals surface area contributed by atoms with Gasteiger partial charge in [-0.2, -0.15) is 5.26 Å². The smallest absolute Gasteiger partial charge is 0.266 e. The molecule has 5 heterocycles. The second kappa shape index (κ2) is 16.4. The van der Waals surface area contributed by atoms with Gasteiger partial charge >= 0.3 is 0 Å². The molecule has 4 aliphatic heterocycles. The number of ether oxygens (including phenoxy) is 1. The van der Waals surface area contributed by atoms with E-state index in [4.69, 9.17) is 16.3 Å². The summed E-state index contributed by atoms with van der Waals surface area (Å²) in [7, 11) is 0. The number of aromatic amines is 1. The van der Waals surface area contributed by atoms with Gasteiger partial charge in [0.1, 0.15) is 35.8 Å². The van der Waals surface area contributed by atoms with Crippen LogP contribution in [-0.4, -0.2) is 82.3 Å². The molecule has 1 aromatic heterocycles. The number of H-pyrrole nitrogens is 1. The Morgan fingerprint density at radius 3 is 2.34 bits per heavy atom. The summed E-state index contributed by atoms with van der Waals surface area (Å²) in [5, 5.41) is 24.0. The predicted molar refractivity (Wildman–Crippen MR) is 227 cm³/mol. The number of pyridine rings is 1. The number of rotatable bonds is 10. The molecule has 4 aromatic carbocycles. The van der Waals surface area contributed by atoms with Gasteiger partial charge < -0.3 is 24.6 Å². The lowest BCUT2D eigenvalue weighted by Crippen LogP contribution is -2.54. The van der Waals surface area contributed by atoms with Crippen molar-refractivity contribution in [3.8, 4) is 40.0 Å². The minimum absolute atomic E-state index is 0.0241. The normalized spacial score (nSPS) is 18.5. The molecule has 308 valence electrons. The number of amides is 4. The van der Waals surface area contributed by atoms with Gasteiger partial charge in [0.2, 0.25) is 11.8 Å². The molecule has 9 rings (SSSR count). The third kappa shape index (κ3) is 7.76. The van der Waals surface area contributed by atoms with Gasteiger partial charge in [0.25, 0.3) is 17.4 Å². The van der Waals surface area contributed by atoms with E-state index in [9.17, 15) is 34.3 Å². The summed E-state index contributed by atoms with van der Waals surface area (Å²) in [6.07, 6.45) is 1.88. The number of likely N-dealkylation sites (tertiary alicyclic amines) is 1. The molecule has 0 bridgehead atoms. The number of nitriles is 1. The zero-order chi connectivity index (χ0) is 42.4. The molecule has 3 N–H and O–H groups in total. The maximum absolute atomic E-state index is 13.3. The topological polar surface area (TPSA) is 176 Å². The number of carbonyl (C=O) groups excluding carboxylic acids is 4. The lowest BCUT2D eigenvalue weighted by atomic mass is 9.87. The van der Waals surface area contributed by atoms with Crippen molar-refractivity contribution in [2.45, 2.75) is 44.2 Å². The minimum atomic E-state index is -0.997. The van der Waals surface area contributed by atoms with Crippen LogP contribution in [0.25, 0.3) is 22.4 Å². The number of fused-ring (bicyclic) bond motifs is 1. The van der Waals surface area contributed by atoms with Crippen molar-refractivity contribution < 1.29 is 29.0 Å². The molecule has 1 unspecified atom stereocenters. The lowest BCUT2D eigenvalue weighted by Gasteiger charge is -2.44. The Morgan fingerprint density at radius 2 is 1.59 bits per heavy atom. The van der Waals surface area contributed by atoms with Gasteiger partial charge in [-0.15, -0.1) is 0 Å². The van der Waals surface area contributed by atoms with Crippen LogP contribution in [0.5, 0.6) is 11.5 Å². The maximum atomic E-state index is 13.3. The highest BCUT2D eigenvalue weighted by Crippen LogP contribution is 2.41. The standard InChI is InChI=1S/C47H41ClN6O7/c48-39-19-37(40-20-34(38(22-49)44(57)50-40)30-7-4-8-32(17-30)61-26-27-5-2-1-3-6-27)42(55)21-35(39)29-13-15-52(16-14-29)23-28-24-53(25-28)31-9-10-33-36(18-31)47(60)54(46(33)59)41-11-12-43(56)51-45(41)58/h1-10,17-21,28-29,41,55H,11-16,23-26H2,(H,50,57)(H,51,56,58). The molecule has 4 amide bonds. The third-order valence-corrected chi connectivity index (χ3v) is 12.6. The van der Waals surface area contributed by atoms with Crippen LogP contribution in [-0.2, 0) is 16.2 Å². The first-order chi connectivity index (χ1) is 29.5. The van der Waals surface area contributed by atoms with Crippen LogP contribution >= 0.6 is 11.6 Å². The predicted octanol–water partition coefficient (Wildman–Crippen LogP) is 6.24. The zero-order valence-electron chi connectivity index (χ0n) is 33.0. The van der Waals surface area contributed by atoms with E-state index in [-0.39, 0.29) is 41.2 Å². The van der Waals surface area contributed by atoms with E-state index < -0.39 is 35.2 Å². The van der Waals surface area contributed by atoms with Crippen molar-refractivity contribution in [2.75, 3.05) is 37.6 Å². The van der Waals surface area contributed by atoms with Crippen LogP contribution < -0.4 is 20.5 Å². The van der Waals surface area contributed by atoms with E-state index in [0.717, 1.165) is 67.3 Å². The second-order valence-corrected chi connectivity index (χ2v) is 16.5. The van der Waals surface area contributed by atoms with Gasteiger partial charge in [0.05, 0.1) is 16.8 Å². The molecule has 0 aliphatic carbocycles. The molecule has 61 heavy (non-hydrogen) atoms. The number of halogens is 1. The number of nitrogens with one attached hydrogen (secondary N) is 2. The number of piperidine rings is 2. The van der Waals surface area contributed by atoms with Crippen molar-refractivity contribution in [3.05, 3.63) is 134 Å². The molecule has 3 fully saturated rings. The minimum Gasteiger partial charge on any atom is -0.507 e. The molecule has 4 aliphatic rings. The van der Waals surface area contributed by atoms with Crippen molar-refractivity contribution >= 4 is 40.9 Å². The van der Waals surface area contributed by atoms with Gasteiger partial charge in [0, 0.05) is 53.8 Å². The Kier molecular flexibility index (Phi) is 10.7. The molecule has 14 heteroatoms. The van der Waals surface area contributed by atoms with Crippen molar-refractivity contribution in [1.82, 2.24) is 20.1 Å². The van der Waals surface area contributed by atoms with Crippen molar-refractivity contribution in [2.24, 2.45) is 5.92 Å². The lowest BCUT2D eigenvalue weighted by molar-refractivity contribution is -0.136. The number of anilines is 1. The molecular formula is C47H41ClN6O7. The molecule has 1 atom stereocenters. The number of phenolic OH excluding ortho intramolecular Hbond substituents is 1. The Hall–Kier alpha value is -6.75. The van der Waals surface area contributed by atoms with Crippen LogP contribution in [0.1, 0.15) is 69.0 Å². The number of hydrogen-bond acceptors (Lipinski definition) is 10. The Bertz CT molecular complexity index is 2700. The number of hydrogen-bond donors (Lipinski definition) is 3. The molecular weight excluding hydrogens is 796 g/mol. The van der Waals surface area contributed by atoms with Crippen LogP contribution in [0.2, 0.25) is 5.02 Å². The van der Waals surface area contributed by atoms with Crippen molar-refractivity contribution in [1.29, 1.82) is 5.26 Å². The SMILES string of the molecule is N#Cc1c(-c2cccc(OCc3ccccc3)c2)cc(-c2cc(Cl)c(C3CCN(CC4CN(c5ccc6c(c5)C(=O)N(C5CCC(=O)NC5=O)C6=O)C4)CC3)cc2O)[nH]c1=O. The number of phenols is 1. The fraction of sp³-hybridized carbons (Fsp3) is 0.277. The number of carbonyl (C=O) groups is 4. The van der Waals surface area contributed by atoms with Gasteiger partial charge in [0.15, 0.2) is 0 Å². The first-order valence-corrected chi connectivity index (χ1v) is 20.7. The summed E-state index contributed by atoms with van der Waals surface area (Å²) in [4.78, 5) is 72.1. The highest BCUT2D eigenvalue weighted by atomic mass is 35.5. The van der Waals surface area contributed by atoms with Crippen LogP contribution in [0, 0.1) is 17.2 Å². The maximum Gasteiger partial charge on any atom is 0.266 e. The van der Waals surface area contributed by atoms with Crippen LogP contribution in [0.4, 0.5) is 5.69 Å². The molecule has 0 spiro atoms. The fourth-order valence-electron chi connectivity index (χ4n) is 8.99. The van der Waals surface area contributed by atoms with Gasteiger partial charge in [-0.1, -0.05) is 54.1 Å². The number of aromatic nitrogens is 1. The molecule has 0 saturated carbocycles. The largest absolute Gasteiger partial charge is 0.507 e. The van der Waals surface area contributed by atoms with Crippen molar-refractivity contribution in [3.63, 3.8) is 0 Å². The summed E-state index contributed by atoms with van der Waals surface area (Å²) in [6, 6.07) is 28.3. The number of benzene rings is 4. The fourth-order valence-corrected chi connectivity index (χ4v) is 9.31. The molecule has 5 aromatic rings. The summed E-state index contributed by atoms with van der Waals surface area (Å²) in [5.41, 5.74) is 4.32. The van der Waals surface area contributed by atoms with E-state index in [1.54, 1.807) is 48.5 Å². The summed E-state index contributed by atoms with van der Waals surface area (Å²) in [6.45, 7) is 4.57. The van der Waals surface area contributed by atoms with Gasteiger partial charge in [-0.05, 0) is 103 Å². The van der Waals surface area contributed by atoms with E-state index >= 15 is 0 Å². The average molecular weight is 837 g/mol. The Morgan fingerprint density at radius 1 is 0.820 bits per heavy atom. The monoisotopic (exact) mass is 836 g/mol. The first kappa shape index (κ1) is 39.7. The first-order valence-electron chi connectivity index (χ1n) is 20.3. The molecule has 0 radical (unpaired) electrons. The second-order valence-electron chi connectivity index (χ2n) is 16.1. The van der Waals surface area contributed by atoms with E-state index in [1.807, 2.05) is 48.5 Å². The molecule has 3 saturated heterocycles. The Labute approximate surface area is 356 Å². The number of nitrogens with zero attached hydrogens (tertiary/aromatic N) is 4. The van der Waals surface area contributed by atoms with E-state index in [0.29, 0.717) is 45.7 Å². The van der Waals surface area contributed by atoms with Crippen LogP contribution in [0.3, 0.4) is 0 Å². The highest BCUT2D eigenvalue weighted by Gasteiger charge is 2.45. The summed E-state index contributed by atoms with van der Waals surface area (Å²) in [5.74, 6) is -0.966. The highest BCUT2D eigenvalue weighted by molar-refractivity contribution is 6.31. The number of aromatic hydroxyl groups is 1. The summed E-state index contributed by atoms with van der Waals surface area (Å²) >= 11 is 6.92. The average Bonchev–Trinajstić information content (AvgIpc) is 3.50. The van der Waals surface area contributed by atoms with Crippen LogP contribution in [0.15, 0.2) is 95.8 Å². The zero-order valence-corrected chi connectivity index (χ0v) is 33.8. The Balaban J connectivity index is 0.818. The molecule has 13 nitrogen and oxygen atoms in total.